The fraction of sp³-hybridized carbons (Fsp3) is 0.438. The monoisotopic (exact) mass is 295 g/mol. The molecule has 0 spiro atoms. The maximum Gasteiger partial charge on any atom is 0.293 e. The molecule has 110 valence electrons. The predicted molar refractivity (Wildman–Crippen MR) is 84.2 cm³/mol. The van der Waals surface area contributed by atoms with E-state index in [1.807, 2.05) is 27.0 Å². The number of ether oxygens (including phenoxy) is 1. The van der Waals surface area contributed by atoms with Gasteiger partial charge < -0.3 is 9.72 Å². The highest BCUT2D eigenvalue weighted by Crippen LogP contribution is 2.25. The number of alkyl halides is 1. The van der Waals surface area contributed by atoms with Crippen molar-refractivity contribution >= 4 is 29.0 Å². The van der Waals surface area contributed by atoms with E-state index in [0.717, 1.165) is 0 Å². The number of hydrogen-bond donors (Lipinski definition) is 1. The first-order chi connectivity index (χ1) is 9.30. The topological polar surface area (TPSA) is 42.1 Å². The van der Waals surface area contributed by atoms with Crippen LogP contribution in [0.5, 0.6) is 0 Å². The number of aryl methyl sites for hydroxylation is 2. The Morgan fingerprint density at radius 1 is 1.30 bits per heavy atom. The summed E-state index contributed by atoms with van der Waals surface area (Å²) in [7, 11) is 0. The SMILES string of the molecule is CC(C)(C)OC=O.Cc1cc(C)c2[nH]ccc2c1CCl. The number of rotatable bonds is 2. The minimum Gasteiger partial charge on any atom is -0.462 e. The number of aromatic amines is 1. The lowest BCUT2D eigenvalue weighted by Crippen LogP contribution is -2.17. The summed E-state index contributed by atoms with van der Waals surface area (Å²) in [5, 5.41) is 1.26. The van der Waals surface area contributed by atoms with Crippen molar-refractivity contribution in [1.82, 2.24) is 4.98 Å². The van der Waals surface area contributed by atoms with Crippen LogP contribution in [-0.2, 0) is 15.4 Å². The van der Waals surface area contributed by atoms with Gasteiger partial charge in [0.2, 0.25) is 0 Å². The molecule has 1 aromatic carbocycles. The Bertz CT molecular complexity index is 582. The van der Waals surface area contributed by atoms with Crippen molar-refractivity contribution in [3.63, 3.8) is 0 Å². The van der Waals surface area contributed by atoms with E-state index in [0.29, 0.717) is 12.4 Å². The molecule has 1 heterocycles. The van der Waals surface area contributed by atoms with Crippen LogP contribution in [0.1, 0.15) is 37.5 Å². The van der Waals surface area contributed by atoms with Gasteiger partial charge in [-0.3, -0.25) is 4.79 Å². The Balaban J connectivity index is 0.000000246. The molecule has 1 aromatic heterocycles. The number of halogens is 1. The van der Waals surface area contributed by atoms with E-state index in [9.17, 15) is 4.79 Å². The molecular formula is C16H22ClNO2. The lowest BCUT2D eigenvalue weighted by Gasteiger charge is -2.14. The quantitative estimate of drug-likeness (QED) is 0.655. The average molecular weight is 296 g/mol. The molecule has 2 rings (SSSR count). The molecular weight excluding hydrogens is 274 g/mol. The highest BCUT2D eigenvalue weighted by atomic mass is 35.5. The Kier molecular flexibility index (Phi) is 5.63. The number of benzene rings is 1. The fourth-order valence-electron chi connectivity index (χ4n) is 1.97. The zero-order chi connectivity index (χ0) is 15.3. The van der Waals surface area contributed by atoms with Crippen molar-refractivity contribution in [1.29, 1.82) is 0 Å². The van der Waals surface area contributed by atoms with Gasteiger partial charge in [0.25, 0.3) is 6.47 Å². The number of carbonyl (C=O) groups is 1. The summed E-state index contributed by atoms with van der Waals surface area (Å²) in [5.41, 5.74) is 4.69. The second-order valence-corrected chi connectivity index (χ2v) is 5.98. The van der Waals surface area contributed by atoms with Crippen LogP contribution < -0.4 is 0 Å². The van der Waals surface area contributed by atoms with Crippen LogP contribution in [0.3, 0.4) is 0 Å². The van der Waals surface area contributed by atoms with Crippen LogP contribution in [-0.4, -0.2) is 17.1 Å². The number of carbonyl (C=O) groups excluding carboxylic acids is 1. The van der Waals surface area contributed by atoms with Crippen molar-refractivity contribution in [2.75, 3.05) is 0 Å². The van der Waals surface area contributed by atoms with Crippen molar-refractivity contribution < 1.29 is 9.53 Å². The third-order valence-corrected chi connectivity index (χ3v) is 3.18. The molecule has 0 unspecified atom stereocenters. The van der Waals surface area contributed by atoms with Crippen LogP contribution in [0.2, 0.25) is 0 Å². The molecule has 0 amide bonds. The van der Waals surface area contributed by atoms with E-state index in [1.54, 1.807) is 0 Å². The average Bonchev–Trinajstić information content (AvgIpc) is 2.78. The van der Waals surface area contributed by atoms with Gasteiger partial charge in [-0.25, -0.2) is 0 Å². The Morgan fingerprint density at radius 2 is 1.95 bits per heavy atom. The Hall–Kier alpha value is -1.48. The van der Waals surface area contributed by atoms with E-state index in [-0.39, 0.29) is 5.60 Å². The molecule has 0 bridgehead atoms. The molecule has 2 aromatic rings. The molecule has 0 aliphatic carbocycles. The third kappa shape index (κ3) is 4.27. The van der Waals surface area contributed by atoms with Gasteiger partial charge in [0.15, 0.2) is 0 Å². The molecule has 3 nitrogen and oxygen atoms in total. The predicted octanol–water partition coefficient (Wildman–Crippen LogP) is 4.48. The summed E-state index contributed by atoms with van der Waals surface area (Å²) in [4.78, 5) is 12.8. The molecule has 0 aliphatic heterocycles. The first-order valence-electron chi connectivity index (χ1n) is 6.53. The summed E-state index contributed by atoms with van der Waals surface area (Å²) in [6, 6.07) is 4.27. The first kappa shape index (κ1) is 16.6. The lowest BCUT2D eigenvalue weighted by molar-refractivity contribution is -0.138. The molecule has 0 fully saturated rings. The molecule has 1 N–H and O–H groups in total. The maximum absolute atomic E-state index is 9.60. The number of hydrogen-bond acceptors (Lipinski definition) is 2. The number of H-pyrrole nitrogens is 1. The van der Waals surface area contributed by atoms with Crippen molar-refractivity contribution in [3.05, 3.63) is 35.0 Å². The molecule has 0 saturated heterocycles. The minimum atomic E-state index is -0.318. The smallest absolute Gasteiger partial charge is 0.293 e. The summed E-state index contributed by atoms with van der Waals surface area (Å²) in [5.74, 6) is 0.584. The minimum absolute atomic E-state index is 0.318. The van der Waals surface area contributed by atoms with E-state index in [1.165, 1.54) is 27.6 Å². The molecule has 0 aliphatic rings. The molecule has 0 radical (unpaired) electrons. The molecule has 0 saturated carbocycles. The highest BCUT2D eigenvalue weighted by molar-refractivity contribution is 6.18. The standard InChI is InChI=1S/C11H12ClN.C5H10O2/c1-7-5-8(2)11-9(3-4-13-11)10(7)6-12;1-5(2,3)7-4-6/h3-5,13H,6H2,1-2H3;4H,1-3H3. The second-order valence-electron chi connectivity index (χ2n) is 5.72. The van der Waals surface area contributed by atoms with Gasteiger partial charge in [0.1, 0.15) is 5.60 Å². The van der Waals surface area contributed by atoms with Crippen molar-refractivity contribution in [2.24, 2.45) is 0 Å². The molecule has 20 heavy (non-hydrogen) atoms. The number of fused-ring (bicyclic) bond motifs is 1. The van der Waals surface area contributed by atoms with E-state index in [2.05, 4.69) is 35.7 Å². The number of nitrogens with one attached hydrogen (secondary N) is 1. The van der Waals surface area contributed by atoms with Crippen LogP contribution >= 0.6 is 11.6 Å². The zero-order valence-corrected chi connectivity index (χ0v) is 13.5. The summed E-state index contributed by atoms with van der Waals surface area (Å²) in [6.45, 7) is 10.1. The second kappa shape index (κ2) is 6.80. The van der Waals surface area contributed by atoms with E-state index >= 15 is 0 Å². The maximum atomic E-state index is 9.60. The van der Waals surface area contributed by atoms with Gasteiger partial charge >= 0.3 is 0 Å². The Labute approximate surface area is 125 Å². The van der Waals surface area contributed by atoms with Gasteiger partial charge in [0, 0.05) is 23.0 Å². The van der Waals surface area contributed by atoms with Crippen LogP contribution in [0.4, 0.5) is 0 Å². The largest absolute Gasteiger partial charge is 0.462 e. The first-order valence-corrected chi connectivity index (χ1v) is 7.07. The van der Waals surface area contributed by atoms with Gasteiger partial charge in [-0.15, -0.1) is 11.6 Å². The highest BCUT2D eigenvalue weighted by Gasteiger charge is 2.07. The van der Waals surface area contributed by atoms with Gasteiger partial charge in [-0.2, -0.15) is 0 Å². The van der Waals surface area contributed by atoms with Gasteiger partial charge in [0.05, 0.1) is 0 Å². The summed E-state index contributed by atoms with van der Waals surface area (Å²) < 4.78 is 4.55. The fourth-order valence-corrected chi connectivity index (χ4v) is 2.32. The molecule has 0 atom stereocenters. The van der Waals surface area contributed by atoms with Crippen LogP contribution in [0.15, 0.2) is 18.3 Å². The normalized spacial score (nSPS) is 10.9. The van der Waals surface area contributed by atoms with Crippen LogP contribution in [0, 0.1) is 13.8 Å². The third-order valence-electron chi connectivity index (χ3n) is 2.91. The van der Waals surface area contributed by atoms with Gasteiger partial charge in [-0.05, 0) is 57.4 Å². The van der Waals surface area contributed by atoms with Gasteiger partial charge in [-0.1, -0.05) is 6.07 Å². The summed E-state index contributed by atoms with van der Waals surface area (Å²) >= 11 is 5.91. The Morgan fingerprint density at radius 3 is 2.40 bits per heavy atom. The van der Waals surface area contributed by atoms with Crippen LogP contribution in [0.25, 0.3) is 10.9 Å². The van der Waals surface area contributed by atoms with E-state index < -0.39 is 0 Å². The number of aromatic nitrogens is 1. The summed E-state index contributed by atoms with van der Waals surface area (Å²) in [6.07, 6.45) is 1.97. The lowest BCUT2D eigenvalue weighted by atomic mass is 10.0. The van der Waals surface area contributed by atoms with Crippen molar-refractivity contribution in [3.8, 4) is 0 Å². The van der Waals surface area contributed by atoms with Crippen molar-refractivity contribution in [2.45, 2.75) is 46.1 Å². The zero-order valence-electron chi connectivity index (χ0n) is 12.7. The van der Waals surface area contributed by atoms with E-state index in [4.69, 9.17) is 11.6 Å². The molecule has 4 heteroatoms.